The first kappa shape index (κ1) is 11.0. The number of pyridine rings is 1. The molecule has 2 fully saturated rings. The largest absolute Gasteiger partial charge is 0.323 e. The summed E-state index contributed by atoms with van der Waals surface area (Å²) in [6.07, 6.45) is 6.42. The molecule has 0 radical (unpaired) electrons. The second-order valence-corrected chi connectivity index (χ2v) is 5.47. The van der Waals surface area contributed by atoms with Crippen LogP contribution in [0.25, 0.3) is 0 Å². The summed E-state index contributed by atoms with van der Waals surface area (Å²) in [5.41, 5.74) is 0.627. The van der Waals surface area contributed by atoms with E-state index in [4.69, 9.17) is 11.6 Å². The van der Waals surface area contributed by atoms with Gasteiger partial charge in [-0.1, -0.05) is 18.0 Å². The molecule has 17 heavy (non-hydrogen) atoms. The fourth-order valence-electron chi connectivity index (χ4n) is 3.27. The monoisotopic (exact) mass is 250 g/mol. The van der Waals surface area contributed by atoms with Gasteiger partial charge in [0.2, 0.25) is 5.91 Å². The van der Waals surface area contributed by atoms with Crippen LogP contribution in [-0.2, 0) is 4.79 Å². The van der Waals surface area contributed by atoms with Crippen LogP contribution >= 0.6 is 11.6 Å². The minimum Gasteiger partial charge on any atom is -0.323 e. The van der Waals surface area contributed by atoms with Crippen molar-refractivity contribution in [3.63, 3.8) is 0 Å². The van der Waals surface area contributed by atoms with Crippen LogP contribution in [0.4, 0.5) is 5.69 Å². The normalized spacial score (nSPS) is 30.5. The first-order chi connectivity index (χ1) is 8.24. The molecule has 3 rings (SSSR count). The van der Waals surface area contributed by atoms with E-state index in [2.05, 4.69) is 10.3 Å². The highest BCUT2D eigenvalue weighted by atomic mass is 35.5. The number of rotatable bonds is 2. The second-order valence-electron chi connectivity index (χ2n) is 5.11. The van der Waals surface area contributed by atoms with Crippen molar-refractivity contribution in [1.82, 2.24) is 4.98 Å². The highest BCUT2D eigenvalue weighted by Gasteiger charge is 2.43. The van der Waals surface area contributed by atoms with E-state index in [-0.39, 0.29) is 11.8 Å². The molecular formula is C13H15ClN2O. The van der Waals surface area contributed by atoms with Gasteiger partial charge in [0.25, 0.3) is 0 Å². The van der Waals surface area contributed by atoms with E-state index >= 15 is 0 Å². The van der Waals surface area contributed by atoms with Gasteiger partial charge in [-0.3, -0.25) is 4.79 Å². The molecule has 0 aromatic carbocycles. The third kappa shape index (κ3) is 2.04. The molecule has 0 spiro atoms. The highest BCUT2D eigenvalue weighted by Crippen LogP contribution is 2.48. The van der Waals surface area contributed by atoms with E-state index in [9.17, 15) is 4.79 Å². The van der Waals surface area contributed by atoms with Crippen molar-refractivity contribution in [2.45, 2.75) is 25.7 Å². The maximum Gasteiger partial charge on any atom is 0.227 e. The van der Waals surface area contributed by atoms with Crippen LogP contribution in [0, 0.1) is 17.8 Å². The minimum absolute atomic E-state index is 0.118. The highest BCUT2D eigenvalue weighted by molar-refractivity contribution is 6.32. The van der Waals surface area contributed by atoms with Gasteiger partial charge in [0.1, 0.15) is 0 Å². The van der Waals surface area contributed by atoms with Crippen molar-refractivity contribution >= 4 is 23.2 Å². The predicted octanol–water partition coefficient (Wildman–Crippen LogP) is 3.11. The van der Waals surface area contributed by atoms with E-state index in [1.165, 1.54) is 19.3 Å². The molecule has 3 nitrogen and oxygen atoms in total. The SMILES string of the molecule is O=C(Nc1cccnc1Cl)[C@@H]1C[C@H]2CC[C@H]1C2. The lowest BCUT2D eigenvalue weighted by atomic mass is 9.88. The van der Waals surface area contributed by atoms with Crippen molar-refractivity contribution in [3.05, 3.63) is 23.5 Å². The molecule has 1 N–H and O–H groups in total. The molecule has 4 heteroatoms. The lowest BCUT2D eigenvalue weighted by Crippen LogP contribution is -2.27. The second kappa shape index (κ2) is 4.30. The van der Waals surface area contributed by atoms with Gasteiger partial charge in [-0.25, -0.2) is 4.98 Å². The molecule has 90 valence electrons. The molecule has 2 saturated carbocycles. The minimum atomic E-state index is 0.118. The van der Waals surface area contributed by atoms with Gasteiger partial charge in [0.15, 0.2) is 5.15 Å². The van der Waals surface area contributed by atoms with Gasteiger partial charge in [0.05, 0.1) is 5.69 Å². The van der Waals surface area contributed by atoms with Crippen LogP contribution < -0.4 is 5.32 Å². The number of halogens is 1. The number of carbonyl (C=O) groups excluding carboxylic acids is 1. The summed E-state index contributed by atoms with van der Waals surface area (Å²) >= 11 is 5.93. The molecule has 2 bridgehead atoms. The summed E-state index contributed by atoms with van der Waals surface area (Å²) < 4.78 is 0. The van der Waals surface area contributed by atoms with E-state index < -0.39 is 0 Å². The van der Waals surface area contributed by atoms with E-state index in [0.29, 0.717) is 16.8 Å². The molecule has 1 aromatic heterocycles. The van der Waals surface area contributed by atoms with Gasteiger partial charge >= 0.3 is 0 Å². The Labute approximate surface area is 106 Å². The standard InChI is InChI=1S/C13H15ClN2O/c14-12-11(2-1-5-15-12)16-13(17)10-7-8-3-4-9(10)6-8/h1-2,5,8-10H,3-4,6-7H2,(H,16,17)/t8-,9-,10+/m0/s1. The van der Waals surface area contributed by atoms with E-state index in [0.717, 1.165) is 12.3 Å². The zero-order valence-corrected chi connectivity index (χ0v) is 10.3. The number of anilines is 1. The van der Waals surface area contributed by atoms with Gasteiger partial charge in [0, 0.05) is 12.1 Å². The smallest absolute Gasteiger partial charge is 0.227 e. The summed E-state index contributed by atoms with van der Waals surface area (Å²) in [6, 6.07) is 3.57. The topological polar surface area (TPSA) is 42.0 Å². The lowest BCUT2D eigenvalue weighted by Gasteiger charge is -2.20. The number of hydrogen-bond acceptors (Lipinski definition) is 2. The third-order valence-corrected chi connectivity index (χ3v) is 4.39. The zero-order valence-electron chi connectivity index (χ0n) is 9.53. The Morgan fingerprint density at radius 3 is 2.94 bits per heavy atom. The fraction of sp³-hybridized carbons (Fsp3) is 0.538. The summed E-state index contributed by atoms with van der Waals surface area (Å²) in [7, 11) is 0. The van der Waals surface area contributed by atoms with Crippen molar-refractivity contribution in [1.29, 1.82) is 0 Å². The molecule has 2 aliphatic rings. The summed E-state index contributed by atoms with van der Waals surface area (Å²) in [5, 5.41) is 3.27. The van der Waals surface area contributed by atoms with E-state index in [1.807, 2.05) is 0 Å². The van der Waals surface area contributed by atoms with E-state index in [1.54, 1.807) is 18.3 Å². The molecule has 1 heterocycles. The Hall–Kier alpha value is -1.09. The molecule has 0 aliphatic heterocycles. The molecule has 0 saturated heterocycles. The summed E-state index contributed by atoms with van der Waals surface area (Å²) in [5.74, 6) is 1.67. The molecular weight excluding hydrogens is 236 g/mol. The number of nitrogens with zero attached hydrogens (tertiary/aromatic N) is 1. The zero-order chi connectivity index (χ0) is 11.8. The molecule has 0 unspecified atom stereocenters. The molecule has 3 atom stereocenters. The number of fused-ring (bicyclic) bond motifs is 2. The number of nitrogens with one attached hydrogen (secondary N) is 1. The Morgan fingerprint density at radius 2 is 2.29 bits per heavy atom. The lowest BCUT2D eigenvalue weighted by molar-refractivity contribution is -0.121. The van der Waals surface area contributed by atoms with Crippen LogP contribution in [0.1, 0.15) is 25.7 Å². The van der Waals surface area contributed by atoms with Crippen LogP contribution in [-0.4, -0.2) is 10.9 Å². The maximum atomic E-state index is 12.2. The Bertz CT molecular complexity index is 449. The average molecular weight is 251 g/mol. The van der Waals surface area contributed by atoms with Crippen LogP contribution in [0.5, 0.6) is 0 Å². The van der Waals surface area contributed by atoms with Crippen molar-refractivity contribution in [3.8, 4) is 0 Å². The molecule has 2 aliphatic carbocycles. The summed E-state index contributed by atoms with van der Waals surface area (Å²) in [6.45, 7) is 0. The Kier molecular flexibility index (Phi) is 2.79. The number of carbonyl (C=O) groups is 1. The first-order valence-corrected chi connectivity index (χ1v) is 6.53. The maximum absolute atomic E-state index is 12.2. The Balaban J connectivity index is 1.70. The average Bonchev–Trinajstić information content (AvgIpc) is 2.94. The molecule has 1 aromatic rings. The number of aromatic nitrogens is 1. The van der Waals surface area contributed by atoms with Gasteiger partial charge < -0.3 is 5.32 Å². The fourth-order valence-corrected chi connectivity index (χ4v) is 3.44. The Morgan fingerprint density at radius 1 is 1.41 bits per heavy atom. The third-order valence-electron chi connectivity index (χ3n) is 4.09. The predicted molar refractivity (Wildman–Crippen MR) is 66.8 cm³/mol. The van der Waals surface area contributed by atoms with Crippen LogP contribution in [0.15, 0.2) is 18.3 Å². The van der Waals surface area contributed by atoms with Gasteiger partial charge in [-0.05, 0) is 43.2 Å². The quantitative estimate of drug-likeness (QED) is 0.820. The first-order valence-electron chi connectivity index (χ1n) is 6.15. The van der Waals surface area contributed by atoms with Gasteiger partial charge in [-0.15, -0.1) is 0 Å². The summed E-state index contributed by atoms with van der Waals surface area (Å²) in [4.78, 5) is 16.1. The van der Waals surface area contributed by atoms with Crippen molar-refractivity contribution in [2.75, 3.05) is 5.32 Å². The number of hydrogen-bond donors (Lipinski definition) is 1. The van der Waals surface area contributed by atoms with Crippen molar-refractivity contribution in [2.24, 2.45) is 17.8 Å². The molecule has 1 amide bonds. The van der Waals surface area contributed by atoms with Crippen LogP contribution in [0.3, 0.4) is 0 Å². The van der Waals surface area contributed by atoms with Crippen molar-refractivity contribution < 1.29 is 4.79 Å². The van der Waals surface area contributed by atoms with Crippen LogP contribution in [0.2, 0.25) is 5.15 Å². The number of amides is 1. The van der Waals surface area contributed by atoms with Gasteiger partial charge in [-0.2, -0.15) is 0 Å².